The van der Waals surface area contributed by atoms with Crippen LogP contribution in [-0.2, 0) is 19.5 Å². The lowest BCUT2D eigenvalue weighted by Gasteiger charge is -2.35. The Labute approximate surface area is 180 Å². The number of aromatic nitrogens is 4. The second-order valence-electron chi connectivity index (χ2n) is 7.62. The zero-order chi connectivity index (χ0) is 20.3. The fourth-order valence-corrected chi connectivity index (χ4v) is 4.31. The summed E-state index contributed by atoms with van der Waals surface area (Å²) < 4.78 is 1.91. The van der Waals surface area contributed by atoms with Crippen molar-refractivity contribution in [1.29, 1.82) is 0 Å². The first-order valence-corrected chi connectivity index (χ1v) is 10.5. The zero-order valence-electron chi connectivity index (χ0n) is 16.5. The van der Waals surface area contributed by atoms with Gasteiger partial charge in [-0.15, -0.1) is 5.10 Å². The highest BCUT2D eigenvalue weighted by atomic mass is 35.5. The molecule has 1 atom stereocenters. The number of fused-ring (bicyclic) bond motifs is 1. The fourth-order valence-electron chi connectivity index (χ4n) is 4.18. The van der Waals surface area contributed by atoms with Gasteiger partial charge in [-0.1, -0.05) is 78.3 Å². The number of nitrogens with zero attached hydrogens (tertiary/aromatic N) is 5. The standard InChI is InChI=1S/C24H22ClN5/c25-22-12-10-20(11-13-22)23(29-15-14-19-8-4-5-9-21(19)17-29)24-26-27-28-30(24)16-18-6-2-1-3-7-18/h1-13,23H,14-17H2/t23-/m1/s1. The van der Waals surface area contributed by atoms with Crippen molar-refractivity contribution in [3.63, 3.8) is 0 Å². The van der Waals surface area contributed by atoms with Gasteiger partial charge in [-0.3, -0.25) is 4.90 Å². The molecule has 2 heterocycles. The first kappa shape index (κ1) is 19.0. The Morgan fingerprint density at radius 2 is 1.60 bits per heavy atom. The second kappa shape index (κ2) is 8.38. The monoisotopic (exact) mass is 415 g/mol. The van der Waals surface area contributed by atoms with E-state index < -0.39 is 0 Å². The van der Waals surface area contributed by atoms with Gasteiger partial charge >= 0.3 is 0 Å². The number of hydrogen-bond donors (Lipinski definition) is 0. The molecule has 0 amide bonds. The Balaban J connectivity index is 1.53. The van der Waals surface area contributed by atoms with E-state index in [-0.39, 0.29) is 6.04 Å². The maximum absolute atomic E-state index is 6.17. The lowest BCUT2D eigenvalue weighted by Crippen LogP contribution is -2.36. The van der Waals surface area contributed by atoms with Crippen LogP contribution in [0.25, 0.3) is 0 Å². The molecule has 0 spiro atoms. The molecule has 0 bridgehead atoms. The Bertz CT molecular complexity index is 1120. The van der Waals surface area contributed by atoms with Crippen molar-refractivity contribution in [2.45, 2.75) is 25.6 Å². The van der Waals surface area contributed by atoms with Crippen molar-refractivity contribution in [2.24, 2.45) is 0 Å². The van der Waals surface area contributed by atoms with Crippen molar-refractivity contribution in [2.75, 3.05) is 6.54 Å². The zero-order valence-corrected chi connectivity index (χ0v) is 17.3. The van der Waals surface area contributed by atoms with E-state index in [0.29, 0.717) is 6.54 Å². The molecule has 0 aliphatic carbocycles. The molecule has 0 saturated heterocycles. The van der Waals surface area contributed by atoms with E-state index in [1.54, 1.807) is 0 Å². The van der Waals surface area contributed by atoms with Crippen LogP contribution in [0.4, 0.5) is 0 Å². The van der Waals surface area contributed by atoms with Crippen molar-refractivity contribution in [3.05, 3.63) is 112 Å². The summed E-state index contributed by atoms with van der Waals surface area (Å²) in [6.07, 6.45) is 1.01. The van der Waals surface area contributed by atoms with Gasteiger partial charge in [0.05, 0.1) is 12.6 Å². The van der Waals surface area contributed by atoms with Crippen LogP contribution in [0.5, 0.6) is 0 Å². The molecule has 0 radical (unpaired) electrons. The van der Waals surface area contributed by atoms with E-state index >= 15 is 0 Å². The predicted molar refractivity (Wildman–Crippen MR) is 117 cm³/mol. The highest BCUT2D eigenvalue weighted by Crippen LogP contribution is 2.32. The van der Waals surface area contributed by atoms with Crippen LogP contribution in [0.15, 0.2) is 78.9 Å². The van der Waals surface area contributed by atoms with Crippen molar-refractivity contribution < 1.29 is 0 Å². The van der Waals surface area contributed by atoms with E-state index in [4.69, 9.17) is 11.6 Å². The number of hydrogen-bond acceptors (Lipinski definition) is 4. The normalized spacial score (nSPS) is 15.0. The molecule has 6 heteroatoms. The Morgan fingerprint density at radius 3 is 2.40 bits per heavy atom. The van der Waals surface area contributed by atoms with Gasteiger partial charge in [-0.2, -0.15) is 0 Å². The summed E-state index contributed by atoms with van der Waals surface area (Å²) in [6.45, 7) is 2.45. The van der Waals surface area contributed by atoms with Gasteiger partial charge in [-0.05, 0) is 51.2 Å². The second-order valence-corrected chi connectivity index (χ2v) is 8.06. The highest BCUT2D eigenvalue weighted by molar-refractivity contribution is 6.30. The minimum absolute atomic E-state index is 0.0469. The van der Waals surface area contributed by atoms with Gasteiger partial charge in [0, 0.05) is 18.1 Å². The molecule has 5 nitrogen and oxygen atoms in total. The topological polar surface area (TPSA) is 46.8 Å². The third kappa shape index (κ3) is 3.86. The lowest BCUT2D eigenvalue weighted by atomic mass is 9.96. The maximum atomic E-state index is 6.17. The summed E-state index contributed by atoms with van der Waals surface area (Å²) in [5, 5.41) is 13.5. The number of rotatable bonds is 5. The molecule has 1 aliphatic heterocycles. The van der Waals surface area contributed by atoms with E-state index in [2.05, 4.69) is 69.0 Å². The van der Waals surface area contributed by atoms with E-state index in [1.165, 1.54) is 16.7 Å². The summed E-state index contributed by atoms with van der Waals surface area (Å²) in [7, 11) is 0. The quantitative estimate of drug-likeness (QED) is 0.480. The summed E-state index contributed by atoms with van der Waals surface area (Å²) in [5.41, 5.74) is 5.10. The van der Waals surface area contributed by atoms with Crippen LogP contribution in [0.3, 0.4) is 0 Å². The molecule has 5 rings (SSSR count). The van der Waals surface area contributed by atoms with Crippen LogP contribution in [0, 0.1) is 0 Å². The van der Waals surface area contributed by atoms with Gasteiger partial charge in [-0.25, -0.2) is 4.68 Å². The Morgan fingerprint density at radius 1 is 0.867 bits per heavy atom. The molecule has 150 valence electrons. The number of benzene rings is 3. The molecular formula is C24H22ClN5. The third-order valence-corrected chi connectivity index (χ3v) is 5.94. The van der Waals surface area contributed by atoms with Gasteiger partial charge in [0.15, 0.2) is 5.82 Å². The molecule has 0 N–H and O–H groups in total. The Hall–Kier alpha value is -3.02. The van der Waals surface area contributed by atoms with Crippen molar-refractivity contribution >= 4 is 11.6 Å². The van der Waals surface area contributed by atoms with Gasteiger partial charge in [0.1, 0.15) is 0 Å². The van der Waals surface area contributed by atoms with E-state index in [9.17, 15) is 0 Å². The van der Waals surface area contributed by atoms with Gasteiger partial charge < -0.3 is 0 Å². The molecule has 30 heavy (non-hydrogen) atoms. The first-order valence-electron chi connectivity index (χ1n) is 10.1. The largest absolute Gasteiger partial charge is 0.285 e. The summed E-state index contributed by atoms with van der Waals surface area (Å²) in [4.78, 5) is 2.46. The smallest absolute Gasteiger partial charge is 0.173 e. The molecule has 0 unspecified atom stereocenters. The summed E-state index contributed by atoms with van der Waals surface area (Å²) in [6, 6.07) is 26.9. The predicted octanol–water partition coefficient (Wildman–Crippen LogP) is 4.52. The molecular weight excluding hydrogens is 394 g/mol. The summed E-state index contributed by atoms with van der Waals surface area (Å²) >= 11 is 6.17. The van der Waals surface area contributed by atoms with Crippen molar-refractivity contribution in [3.8, 4) is 0 Å². The molecule has 4 aromatic rings. The first-order chi connectivity index (χ1) is 14.8. The molecule has 3 aromatic carbocycles. The fraction of sp³-hybridized carbons (Fsp3) is 0.208. The maximum Gasteiger partial charge on any atom is 0.173 e. The highest BCUT2D eigenvalue weighted by Gasteiger charge is 2.30. The molecule has 1 aromatic heterocycles. The SMILES string of the molecule is Clc1ccc([C@H](c2nnnn2Cc2ccccc2)N2CCc3ccccc3C2)cc1. The van der Waals surface area contributed by atoms with Crippen LogP contribution >= 0.6 is 11.6 Å². The molecule has 0 saturated carbocycles. The van der Waals surface area contributed by atoms with Crippen LogP contribution in [0.1, 0.15) is 34.1 Å². The minimum Gasteiger partial charge on any atom is -0.285 e. The number of tetrazole rings is 1. The third-order valence-electron chi connectivity index (χ3n) is 5.69. The van der Waals surface area contributed by atoms with Gasteiger partial charge in [0.25, 0.3) is 0 Å². The van der Waals surface area contributed by atoms with E-state index in [0.717, 1.165) is 35.9 Å². The summed E-state index contributed by atoms with van der Waals surface area (Å²) in [5.74, 6) is 0.848. The Kier molecular flexibility index (Phi) is 5.30. The minimum atomic E-state index is -0.0469. The number of halogens is 1. The van der Waals surface area contributed by atoms with Crippen LogP contribution in [-0.4, -0.2) is 31.7 Å². The van der Waals surface area contributed by atoms with Crippen LogP contribution < -0.4 is 0 Å². The van der Waals surface area contributed by atoms with E-state index in [1.807, 2.05) is 35.0 Å². The van der Waals surface area contributed by atoms with Crippen LogP contribution in [0.2, 0.25) is 5.02 Å². The lowest BCUT2D eigenvalue weighted by molar-refractivity contribution is 0.195. The van der Waals surface area contributed by atoms with Gasteiger partial charge in [0.2, 0.25) is 0 Å². The van der Waals surface area contributed by atoms with Crippen molar-refractivity contribution in [1.82, 2.24) is 25.1 Å². The average molecular weight is 416 g/mol. The molecule has 1 aliphatic rings. The average Bonchev–Trinajstić information content (AvgIpc) is 3.23. The molecule has 0 fully saturated rings.